The molecule has 1 atom stereocenters. The van der Waals surface area contributed by atoms with Gasteiger partial charge in [0.1, 0.15) is 0 Å². The maximum Gasteiger partial charge on any atom is 0.236 e. The molecule has 1 aliphatic heterocycles. The third kappa shape index (κ3) is 3.15. The number of carbonyl (C=O) groups is 1. The van der Waals surface area contributed by atoms with Crippen molar-refractivity contribution in [2.75, 3.05) is 13.1 Å². The minimum atomic E-state index is -0.0109. The van der Waals surface area contributed by atoms with Gasteiger partial charge in [-0.15, -0.1) is 0 Å². The fourth-order valence-corrected chi connectivity index (χ4v) is 2.90. The summed E-state index contributed by atoms with van der Waals surface area (Å²) < 4.78 is 0. The molecule has 1 heterocycles. The average molecular weight is 337 g/mol. The maximum absolute atomic E-state index is 11.7. The van der Waals surface area contributed by atoms with Crippen LogP contribution in [0.15, 0.2) is 18.2 Å². The lowest BCUT2D eigenvalue weighted by atomic mass is 10.1. The van der Waals surface area contributed by atoms with Gasteiger partial charge in [0.05, 0.1) is 4.83 Å². The Bertz CT molecular complexity index is 439. The van der Waals surface area contributed by atoms with Crippen LogP contribution in [0.25, 0.3) is 0 Å². The number of nitrogens with zero attached hydrogens (tertiary/aromatic N) is 1. The van der Waals surface area contributed by atoms with E-state index in [9.17, 15) is 4.79 Å². The zero-order valence-corrected chi connectivity index (χ0v) is 12.2. The van der Waals surface area contributed by atoms with Gasteiger partial charge in [0, 0.05) is 23.1 Å². The second kappa shape index (κ2) is 5.59. The van der Waals surface area contributed by atoms with Crippen LogP contribution in [0.4, 0.5) is 0 Å². The average Bonchev–Trinajstić information content (AvgIpc) is 2.59. The Hall–Kier alpha value is -0.250. The van der Waals surface area contributed by atoms with Crippen molar-refractivity contribution in [1.29, 1.82) is 0 Å². The monoisotopic (exact) mass is 335 g/mol. The maximum atomic E-state index is 11.7. The first-order valence-electron chi connectivity index (χ1n) is 5.44. The molecule has 1 unspecified atom stereocenters. The molecule has 1 aliphatic rings. The molecule has 1 fully saturated rings. The second-order valence-corrected chi connectivity index (χ2v) is 6.02. The number of hydrogen-bond acceptors (Lipinski definition) is 1. The van der Waals surface area contributed by atoms with Gasteiger partial charge in [-0.2, -0.15) is 0 Å². The SMILES string of the molecule is O=C1C(Br)CCN1CCc1ccc(Cl)cc1Cl. The van der Waals surface area contributed by atoms with Crippen LogP contribution in [0.2, 0.25) is 10.0 Å². The lowest BCUT2D eigenvalue weighted by Gasteiger charge is -2.16. The molecule has 92 valence electrons. The summed E-state index contributed by atoms with van der Waals surface area (Å²) in [6.07, 6.45) is 1.65. The molecule has 1 aromatic rings. The Kier molecular flexibility index (Phi) is 4.34. The summed E-state index contributed by atoms with van der Waals surface area (Å²) in [5.74, 6) is 0.176. The first kappa shape index (κ1) is 13.2. The van der Waals surface area contributed by atoms with E-state index in [1.165, 1.54) is 0 Å². The molecular formula is C12H12BrCl2NO. The first-order valence-corrected chi connectivity index (χ1v) is 7.12. The third-order valence-electron chi connectivity index (χ3n) is 2.90. The summed E-state index contributed by atoms with van der Waals surface area (Å²) in [6, 6.07) is 5.47. The van der Waals surface area contributed by atoms with E-state index in [0.717, 1.165) is 24.9 Å². The van der Waals surface area contributed by atoms with Gasteiger partial charge >= 0.3 is 0 Å². The van der Waals surface area contributed by atoms with Gasteiger partial charge in [-0.25, -0.2) is 0 Å². The van der Waals surface area contributed by atoms with Crippen LogP contribution >= 0.6 is 39.1 Å². The van der Waals surface area contributed by atoms with E-state index >= 15 is 0 Å². The molecule has 0 bridgehead atoms. The van der Waals surface area contributed by atoms with E-state index in [2.05, 4.69) is 15.9 Å². The Morgan fingerprint density at radius 3 is 2.76 bits per heavy atom. The number of amides is 1. The van der Waals surface area contributed by atoms with E-state index in [1.54, 1.807) is 6.07 Å². The summed E-state index contributed by atoms with van der Waals surface area (Å²) >= 11 is 15.3. The number of hydrogen-bond donors (Lipinski definition) is 0. The van der Waals surface area contributed by atoms with Crippen LogP contribution < -0.4 is 0 Å². The van der Waals surface area contributed by atoms with E-state index in [1.807, 2.05) is 17.0 Å². The number of alkyl halides is 1. The van der Waals surface area contributed by atoms with E-state index in [4.69, 9.17) is 23.2 Å². The van der Waals surface area contributed by atoms with Crippen LogP contribution in [0.5, 0.6) is 0 Å². The van der Waals surface area contributed by atoms with Gasteiger partial charge in [0.15, 0.2) is 0 Å². The second-order valence-electron chi connectivity index (χ2n) is 4.07. The topological polar surface area (TPSA) is 20.3 Å². The molecule has 0 aliphatic carbocycles. The van der Waals surface area contributed by atoms with E-state index in [0.29, 0.717) is 16.6 Å². The fourth-order valence-electron chi connectivity index (χ4n) is 1.90. The molecule has 0 radical (unpaired) electrons. The third-order valence-corrected chi connectivity index (χ3v) is 4.33. The van der Waals surface area contributed by atoms with E-state index in [-0.39, 0.29) is 10.7 Å². The molecule has 1 saturated heterocycles. The minimum Gasteiger partial charge on any atom is -0.341 e. The Morgan fingerprint density at radius 1 is 1.41 bits per heavy atom. The van der Waals surface area contributed by atoms with E-state index < -0.39 is 0 Å². The van der Waals surface area contributed by atoms with Crippen molar-refractivity contribution in [2.45, 2.75) is 17.7 Å². The van der Waals surface area contributed by atoms with Crippen molar-refractivity contribution in [3.63, 3.8) is 0 Å². The summed E-state index contributed by atoms with van der Waals surface area (Å²) in [6.45, 7) is 1.53. The molecule has 2 rings (SSSR count). The Balaban J connectivity index is 1.96. The van der Waals surface area contributed by atoms with Crippen molar-refractivity contribution in [1.82, 2.24) is 4.90 Å². The fraction of sp³-hybridized carbons (Fsp3) is 0.417. The standard InChI is InChI=1S/C12H12BrCl2NO/c13-10-4-6-16(12(10)17)5-3-8-1-2-9(14)7-11(8)15/h1-2,7,10H,3-6H2. The molecular weight excluding hydrogens is 325 g/mol. The van der Waals surface area contributed by atoms with Gasteiger partial charge < -0.3 is 4.90 Å². The number of carbonyl (C=O) groups excluding carboxylic acids is 1. The highest BCUT2D eigenvalue weighted by atomic mass is 79.9. The van der Waals surface area contributed by atoms with Crippen molar-refractivity contribution in [2.24, 2.45) is 0 Å². The minimum absolute atomic E-state index is 0.0109. The molecule has 0 aromatic heterocycles. The van der Waals surface area contributed by atoms with Gasteiger partial charge in [-0.3, -0.25) is 4.79 Å². The highest BCUT2D eigenvalue weighted by Crippen LogP contribution is 2.23. The van der Waals surface area contributed by atoms with Gasteiger partial charge in [-0.1, -0.05) is 45.2 Å². The molecule has 0 saturated carbocycles. The van der Waals surface area contributed by atoms with Crippen LogP contribution in [-0.2, 0) is 11.2 Å². The number of benzene rings is 1. The summed E-state index contributed by atoms with van der Waals surface area (Å²) in [7, 11) is 0. The predicted molar refractivity (Wildman–Crippen MR) is 74.1 cm³/mol. The lowest BCUT2D eigenvalue weighted by Crippen LogP contribution is -2.29. The van der Waals surface area contributed by atoms with Crippen LogP contribution in [0.1, 0.15) is 12.0 Å². The Labute approximate surface area is 119 Å². The molecule has 0 N–H and O–H groups in total. The van der Waals surface area contributed by atoms with Gasteiger partial charge in [0.25, 0.3) is 0 Å². The summed E-state index contributed by atoms with van der Waals surface area (Å²) in [4.78, 5) is 13.5. The zero-order chi connectivity index (χ0) is 12.4. The van der Waals surface area contributed by atoms with Crippen molar-refractivity contribution in [3.8, 4) is 0 Å². The van der Waals surface area contributed by atoms with Gasteiger partial charge in [-0.05, 0) is 30.5 Å². The molecule has 17 heavy (non-hydrogen) atoms. The zero-order valence-electron chi connectivity index (χ0n) is 9.13. The largest absolute Gasteiger partial charge is 0.341 e. The van der Waals surface area contributed by atoms with Crippen molar-refractivity contribution < 1.29 is 4.79 Å². The lowest BCUT2D eigenvalue weighted by molar-refractivity contribution is -0.127. The highest BCUT2D eigenvalue weighted by molar-refractivity contribution is 9.10. The molecule has 1 amide bonds. The highest BCUT2D eigenvalue weighted by Gasteiger charge is 2.28. The number of halogens is 3. The Morgan fingerprint density at radius 2 is 2.18 bits per heavy atom. The van der Waals surface area contributed by atoms with Crippen LogP contribution in [-0.4, -0.2) is 28.7 Å². The van der Waals surface area contributed by atoms with Crippen LogP contribution in [0.3, 0.4) is 0 Å². The summed E-state index contributed by atoms with van der Waals surface area (Å²) in [5, 5.41) is 1.30. The van der Waals surface area contributed by atoms with Crippen LogP contribution in [0, 0.1) is 0 Å². The molecule has 1 aromatic carbocycles. The summed E-state index contributed by atoms with van der Waals surface area (Å²) in [5.41, 5.74) is 1.03. The normalized spacial score (nSPS) is 20.1. The molecule has 2 nitrogen and oxygen atoms in total. The van der Waals surface area contributed by atoms with Crippen molar-refractivity contribution >= 4 is 45.0 Å². The van der Waals surface area contributed by atoms with Gasteiger partial charge in [0.2, 0.25) is 5.91 Å². The molecule has 0 spiro atoms. The number of rotatable bonds is 3. The predicted octanol–water partition coefficient (Wildman–Crippen LogP) is 3.53. The first-order chi connectivity index (χ1) is 8.08. The smallest absolute Gasteiger partial charge is 0.236 e. The van der Waals surface area contributed by atoms with Crippen molar-refractivity contribution in [3.05, 3.63) is 33.8 Å². The number of likely N-dealkylation sites (tertiary alicyclic amines) is 1. The quantitative estimate of drug-likeness (QED) is 0.773. The molecule has 5 heteroatoms.